The Morgan fingerprint density at radius 3 is 2.59 bits per heavy atom. The van der Waals surface area contributed by atoms with Gasteiger partial charge in [0.2, 0.25) is 5.91 Å². The number of benzene rings is 1. The molecule has 9 nitrogen and oxygen atoms in total. The second-order valence-corrected chi connectivity index (χ2v) is 9.13. The Morgan fingerprint density at radius 2 is 1.97 bits per heavy atom. The van der Waals surface area contributed by atoms with Gasteiger partial charge in [-0.2, -0.15) is 5.10 Å². The first kappa shape index (κ1) is 23.6. The maximum Gasteiger partial charge on any atom is 0.322 e. The monoisotopic (exact) mass is 448 g/mol. The molecule has 1 saturated heterocycles. The average molecular weight is 448 g/mol. The van der Waals surface area contributed by atoms with Crippen molar-refractivity contribution < 1.29 is 28.6 Å². The highest BCUT2D eigenvalue weighted by molar-refractivity contribution is 6.06. The molecule has 1 atom stereocenters. The number of aromatic nitrogens is 2. The van der Waals surface area contributed by atoms with Crippen LogP contribution in [0.25, 0.3) is 10.9 Å². The smallest absolute Gasteiger partial charge is 0.322 e. The Bertz CT molecular complexity index is 1010. The topological polar surface area (TPSA) is 123 Å². The predicted octanol–water partition coefficient (Wildman–Crippen LogP) is 1.95. The number of carbonyl (C=O) groups excluding carboxylic acids is 2. The molecule has 1 aromatic heterocycles. The van der Waals surface area contributed by atoms with E-state index in [9.17, 15) is 18.8 Å². The van der Waals surface area contributed by atoms with Crippen molar-refractivity contribution in [1.82, 2.24) is 20.4 Å². The summed E-state index contributed by atoms with van der Waals surface area (Å²) < 4.78 is 21.1. The number of hydrogen-bond donors (Lipinski definition) is 3. The van der Waals surface area contributed by atoms with E-state index in [0.29, 0.717) is 36.6 Å². The maximum atomic E-state index is 14.0. The molecule has 1 aromatic carbocycles. The molecule has 3 N–H and O–H groups in total. The van der Waals surface area contributed by atoms with Gasteiger partial charge in [-0.3, -0.25) is 19.1 Å². The Balaban J connectivity index is 1.89. The highest BCUT2D eigenvalue weighted by Crippen LogP contribution is 2.25. The van der Waals surface area contributed by atoms with E-state index in [1.54, 1.807) is 31.5 Å². The summed E-state index contributed by atoms with van der Waals surface area (Å²) >= 11 is 0. The fourth-order valence-corrected chi connectivity index (χ4v) is 3.77. The van der Waals surface area contributed by atoms with Crippen molar-refractivity contribution in [2.45, 2.75) is 46.2 Å². The Hall–Kier alpha value is -3.01. The predicted molar refractivity (Wildman–Crippen MR) is 115 cm³/mol. The number of nitrogens with one attached hydrogen (secondary N) is 2. The average Bonchev–Trinajstić information content (AvgIpc) is 3.07. The van der Waals surface area contributed by atoms with E-state index in [-0.39, 0.29) is 5.69 Å². The van der Waals surface area contributed by atoms with Crippen LogP contribution in [0, 0.1) is 17.2 Å². The van der Waals surface area contributed by atoms with E-state index in [1.165, 1.54) is 12.1 Å². The Labute approximate surface area is 185 Å². The first-order valence-electron chi connectivity index (χ1n) is 10.6. The summed E-state index contributed by atoms with van der Waals surface area (Å²) in [6, 6.07) is 3.16. The second-order valence-electron chi connectivity index (χ2n) is 9.13. The molecular weight excluding hydrogens is 419 g/mol. The van der Waals surface area contributed by atoms with Crippen LogP contribution in [0.3, 0.4) is 0 Å². The molecule has 0 aliphatic carbocycles. The van der Waals surface area contributed by atoms with Crippen LogP contribution in [0.5, 0.6) is 0 Å². The van der Waals surface area contributed by atoms with Crippen molar-refractivity contribution in [1.29, 1.82) is 0 Å². The number of carboxylic acids is 1. The zero-order valence-electron chi connectivity index (χ0n) is 18.5. The number of carboxylic acid groups (broad SMARTS) is 1. The standard InChI is InChI=1S/C22H29FN4O5/c1-22(2,3)19(21(31)24-11-17(28)29)25-20(30)18-15-10-14(23)4-5-16(15)27(26-18)12-13-6-8-32-9-7-13/h4-5,10,13,19H,6-9,11-12H2,1-3H3,(H,24,31)(H,25,30)(H,28,29)/t19-/m1/s1. The van der Waals surface area contributed by atoms with Crippen molar-refractivity contribution in [2.75, 3.05) is 19.8 Å². The first-order chi connectivity index (χ1) is 15.1. The van der Waals surface area contributed by atoms with Gasteiger partial charge in [-0.15, -0.1) is 0 Å². The lowest BCUT2D eigenvalue weighted by Gasteiger charge is -2.30. The molecule has 3 rings (SSSR count). The minimum Gasteiger partial charge on any atom is -0.480 e. The fraction of sp³-hybridized carbons (Fsp3) is 0.545. The molecule has 1 aliphatic heterocycles. The van der Waals surface area contributed by atoms with Crippen LogP contribution in [0.15, 0.2) is 18.2 Å². The van der Waals surface area contributed by atoms with Gasteiger partial charge in [-0.25, -0.2) is 4.39 Å². The van der Waals surface area contributed by atoms with E-state index in [1.807, 2.05) is 0 Å². The van der Waals surface area contributed by atoms with Gasteiger partial charge in [-0.05, 0) is 42.4 Å². The molecule has 174 valence electrons. The van der Waals surface area contributed by atoms with E-state index < -0.39 is 41.6 Å². The third-order valence-corrected chi connectivity index (χ3v) is 5.52. The van der Waals surface area contributed by atoms with E-state index in [4.69, 9.17) is 9.84 Å². The third kappa shape index (κ3) is 5.61. The van der Waals surface area contributed by atoms with E-state index in [0.717, 1.165) is 12.8 Å². The lowest BCUT2D eigenvalue weighted by atomic mass is 9.86. The molecule has 0 spiro atoms. The summed E-state index contributed by atoms with van der Waals surface area (Å²) in [5.74, 6) is -2.60. The maximum absolute atomic E-state index is 14.0. The molecule has 2 aromatic rings. The zero-order valence-corrected chi connectivity index (χ0v) is 18.5. The van der Waals surface area contributed by atoms with Gasteiger partial charge in [0.05, 0.1) is 5.52 Å². The molecule has 0 unspecified atom stereocenters. The van der Waals surface area contributed by atoms with Gasteiger partial charge < -0.3 is 20.5 Å². The van der Waals surface area contributed by atoms with E-state index in [2.05, 4.69) is 15.7 Å². The summed E-state index contributed by atoms with van der Waals surface area (Å²) in [4.78, 5) is 36.5. The number of ether oxygens (including phenoxy) is 1. The molecule has 2 amide bonds. The molecular formula is C22H29FN4O5. The summed E-state index contributed by atoms with van der Waals surface area (Å²) in [5.41, 5.74) is -0.0539. The van der Waals surface area contributed by atoms with Gasteiger partial charge in [0.15, 0.2) is 5.69 Å². The van der Waals surface area contributed by atoms with Gasteiger partial charge in [0.25, 0.3) is 5.91 Å². The highest BCUT2D eigenvalue weighted by Gasteiger charge is 2.34. The number of nitrogens with zero attached hydrogens (tertiary/aromatic N) is 2. The third-order valence-electron chi connectivity index (χ3n) is 5.52. The SMILES string of the molecule is CC(C)(C)[C@H](NC(=O)c1nn(CC2CCOCC2)c2ccc(F)cc12)C(=O)NCC(=O)O. The molecule has 10 heteroatoms. The van der Waals surface area contributed by atoms with Crippen LogP contribution in [0.4, 0.5) is 4.39 Å². The second kappa shape index (κ2) is 9.64. The molecule has 0 radical (unpaired) electrons. The van der Waals surface area contributed by atoms with Crippen LogP contribution in [-0.4, -0.2) is 58.5 Å². The lowest BCUT2D eigenvalue weighted by Crippen LogP contribution is -2.54. The zero-order chi connectivity index (χ0) is 23.5. The Morgan fingerprint density at radius 1 is 1.28 bits per heavy atom. The van der Waals surface area contributed by atoms with Crippen molar-refractivity contribution in [3.8, 4) is 0 Å². The van der Waals surface area contributed by atoms with Crippen LogP contribution in [0.1, 0.15) is 44.1 Å². The molecule has 0 bridgehead atoms. The number of hydrogen-bond acceptors (Lipinski definition) is 5. The minimum atomic E-state index is -1.19. The molecule has 0 saturated carbocycles. The van der Waals surface area contributed by atoms with Crippen molar-refractivity contribution in [3.05, 3.63) is 29.7 Å². The fourth-order valence-electron chi connectivity index (χ4n) is 3.77. The number of halogens is 1. The van der Waals surface area contributed by atoms with Crippen molar-refractivity contribution >= 4 is 28.7 Å². The van der Waals surface area contributed by atoms with E-state index >= 15 is 0 Å². The van der Waals surface area contributed by atoms with Crippen molar-refractivity contribution in [2.24, 2.45) is 11.3 Å². The molecule has 2 heterocycles. The van der Waals surface area contributed by atoms with Crippen LogP contribution in [-0.2, 0) is 20.9 Å². The summed E-state index contributed by atoms with van der Waals surface area (Å²) in [6.45, 7) is 6.60. The summed E-state index contributed by atoms with van der Waals surface area (Å²) in [6.07, 6.45) is 1.75. The number of aliphatic carboxylic acids is 1. The first-order valence-corrected chi connectivity index (χ1v) is 10.6. The lowest BCUT2D eigenvalue weighted by molar-refractivity contribution is -0.138. The molecule has 1 aliphatic rings. The van der Waals surface area contributed by atoms with Crippen LogP contribution in [0.2, 0.25) is 0 Å². The normalized spacial score (nSPS) is 16.0. The largest absolute Gasteiger partial charge is 0.480 e. The van der Waals surface area contributed by atoms with Gasteiger partial charge >= 0.3 is 5.97 Å². The van der Waals surface area contributed by atoms with Crippen LogP contribution >= 0.6 is 0 Å². The highest BCUT2D eigenvalue weighted by atomic mass is 19.1. The summed E-state index contributed by atoms with van der Waals surface area (Å²) in [7, 11) is 0. The van der Waals surface area contributed by atoms with Gasteiger partial charge in [-0.1, -0.05) is 20.8 Å². The van der Waals surface area contributed by atoms with Crippen molar-refractivity contribution in [3.63, 3.8) is 0 Å². The molecule has 1 fully saturated rings. The number of rotatable bonds is 7. The number of carbonyl (C=O) groups is 3. The van der Waals surface area contributed by atoms with Gasteiger partial charge in [0, 0.05) is 25.1 Å². The molecule has 32 heavy (non-hydrogen) atoms. The quantitative estimate of drug-likeness (QED) is 0.595. The number of fused-ring (bicyclic) bond motifs is 1. The Kier molecular flexibility index (Phi) is 7.12. The summed E-state index contributed by atoms with van der Waals surface area (Å²) in [5, 5.41) is 18.6. The van der Waals surface area contributed by atoms with Crippen LogP contribution < -0.4 is 10.6 Å². The van der Waals surface area contributed by atoms with Gasteiger partial charge in [0.1, 0.15) is 18.4 Å². The number of amides is 2. The minimum absolute atomic E-state index is 0.0202.